The van der Waals surface area contributed by atoms with Crippen molar-refractivity contribution in [1.29, 1.82) is 0 Å². The van der Waals surface area contributed by atoms with Crippen LogP contribution < -0.4 is 5.32 Å². The molecule has 0 aromatic carbocycles. The van der Waals surface area contributed by atoms with Gasteiger partial charge in [-0.3, -0.25) is 4.79 Å². The number of amides is 1. The SMILES string of the molecule is CC(=O)N[C@@H]1[C@H](O[C@@H]2[C@@H](O)[C@H](CO)O[C@H](O)[C@H]2O)O[C@H](CO)[C@H](O)[C@H]1O. The number of rotatable bonds is 5. The van der Waals surface area contributed by atoms with E-state index < -0.39 is 80.5 Å². The van der Waals surface area contributed by atoms with Crippen molar-refractivity contribution >= 4 is 5.91 Å². The summed E-state index contributed by atoms with van der Waals surface area (Å²) in [5.41, 5.74) is 0. The Bertz CT molecular complexity index is 480. The molecule has 0 aromatic rings. The highest BCUT2D eigenvalue weighted by atomic mass is 16.7. The van der Waals surface area contributed by atoms with Gasteiger partial charge in [0, 0.05) is 6.92 Å². The summed E-state index contributed by atoms with van der Waals surface area (Å²) >= 11 is 0. The van der Waals surface area contributed by atoms with Crippen molar-refractivity contribution in [2.45, 2.75) is 68.3 Å². The van der Waals surface area contributed by atoms with E-state index in [0.29, 0.717) is 0 Å². The van der Waals surface area contributed by atoms with Crippen LogP contribution in [0.3, 0.4) is 0 Å². The summed E-state index contributed by atoms with van der Waals surface area (Å²) < 4.78 is 15.6. The summed E-state index contributed by atoms with van der Waals surface area (Å²) in [6, 6.07) is -1.29. The maximum atomic E-state index is 11.4. The third kappa shape index (κ3) is 4.31. The Balaban J connectivity index is 2.22. The normalized spacial score (nSPS) is 46.8. The molecule has 26 heavy (non-hydrogen) atoms. The summed E-state index contributed by atoms with van der Waals surface area (Å²) in [5.74, 6) is -0.581. The third-order valence-corrected chi connectivity index (χ3v) is 4.38. The number of carbonyl (C=O) groups excluding carboxylic acids is 1. The van der Waals surface area contributed by atoms with Crippen LogP contribution in [0.2, 0.25) is 0 Å². The molecule has 0 spiro atoms. The minimum atomic E-state index is -1.77. The van der Waals surface area contributed by atoms with Gasteiger partial charge in [0.05, 0.1) is 13.2 Å². The van der Waals surface area contributed by atoms with Gasteiger partial charge in [-0.15, -0.1) is 0 Å². The quantitative estimate of drug-likeness (QED) is 0.226. The van der Waals surface area contributed by atoms with Gasteiger partial charge in [0.15, 0.2) is 12.6 Å². The van der Waals surface area contributed by atoms with Crippen molar-refractivity contribution in [2.75, 3.05) is 13.2 Å². The molecule has 0 saturated carbocycles. The molecule has 2 aliphatic heterocycles. The lowest BCUT2D eigenvalue weighted by molar-refractivity contribution is -0.341. The number of aliphatic hydroxyl groups is 7. The molecule has 2 fully saturated rings. The number of nitrogens with one attached hydrogen (secondary N) is 1. The van der Waals surface area contributed by atoms with E-state index in [1.54, 1.807) is 0 Å². The molecule has 12 nitrogen and oxygen atoms in total. The second kappa shape index (κ2) is 8.84. The van der Waals surface area contributed by atoms with Crippen molar-refractivity contribution in [3.63, 3.8) is 0 Å². The molecule has 2 rings (SSSR count). The van der Waals surface area contributed by atoms with Gasteiger partial charge in [-0.2, -0.15) is 0 Å². The molecule has 152 valence electrons. The molecule has 2 heterocycles. The highest BCUT2D eigenvalue weighted by Crippen LogP contribution is 2.28. The monoisotopic (exact) mass is 383 g/mol. The maximum Gasteiger partial charge on any atom is 0.217 e. The molecule has 0 aromatic heterocycles. The second-order valence-corrected chi connectivity index (χ2v) is 6.26. The molecule has 10 atom stereocenters. The Morgan fingerprint density at radius 1 is 0.923 bits per heavy atom. The lowest BCUT2D eigenvalue weighted by atomic mass is 9.95. The fourth-order valence-electron chi connectivity index (χ4n) is 2.97. The fourth-order valence-corrected chi connectivity index (χ4v) is 2.97. The van der Waals surface area contributed by atoms with Crippen molar-refractivity contribution in [2.24, 2.45) is 0 Å². The maximum absolute atomic E-state index is 11.4. The smallest absolute Gasteiger partial charge is 0.217 e. The van der Waals surface area contributed by atoms with Gasteiger partial charge in [0.1, 0.15) is 48.8 Å². The van der Waals surface area contributed by atoms with E-state index in [2.05, 4.69) is 5.32 Å². The number of carbonyl (C=O) groups is 1. The van der Waals surface area contributed by atoms with Crippen LogP contribution in [0.5, 0.6) is 0 Å². The number of hydrogen-bond donors (Lipinski definition) is 8. The number of aliphatic hydroxyl groups excluding tert-OH is 7. The first-order valence-corrected chi connectivity index (χ1v) is 8.06. The zero-order chi connectivity index (χ0) is 19.6. The Hall–Kier alpha value is -0.930. The fraction of sp³-hybridized carbons (Fsp3) is 0.929. The van der Waals surface area contributed by atoms with E-state index in [-0.39, 0.29) is 0 Å². The van der Waals surface area contributed by atoms with Crippen LogP contribution in [-0.4, -0.2) is 116 Å². The second-order valence-electron chi connectivity index (χ2n) is 6.26. The molecule has 0 aliphatic carbocycles. The molecule has 0 radical (unpaired) electrons. The summed E-state index contributed by atoms with van der Waals surface area (Å²) in [6.45, 7) is -0.199. The van der Waals surface area contributed by atoms with Crippen molar-refractivity contribution in [1.82, 2.24) is 5.32 Å². The molecule has 2 saturated heterocycles. The van der Waals surface area contributed by atoms with Crippen LogP contribution >= 0.6 is 0 Å². The first-order chi connectivity index (χ1) is 12.2. The largest absolute Gasteiger partial charge is 0.394 e. The van der Waals surface area contributed by atoms with Gasteiger partial charge >= 0.3 is 0 Å². The van der Waals surface area contributed by atoms with E-state index in [1.807, 2.05) is 0 Å². The molecule has 0 bridgehead atoms. The topological polar surface area (TPSA) is 198 Å². The average Bonchev–Trinajstić information content (AvgIpc) is 2.60. The lowest BCUT2D eigenvalue weighted by Gasteiger charge is -2.46. The molecule has 2 aliphatic rings. The van der Waals surface area contributed by atoms with Crippen LogP contribution in [0, 0.1) is 0 Å². The van der Waals surface area contributed by atoms with Crippen LogP contribution in [0.25, 0.3) is 0 Å². The first-order valence-electron chi connectivity index (χ1n) is 8.06. The molecule has 0 unspecified atom stereocenters. The third-order valence-electron chi connectivity index (χ3n) is 4.38. The van der Waals surface area contributed by atoms with Crippen LogP contribution in [-0.2, 0) is 19.0 Å². The molecular formula is C14H25NO11. The Morgan fingerprint density at radius 3 is 2.04 bits per heavy atom. The predicted octanol–water partition coefficient (Wildman–Crippen LogP) is -5.25. The standard InChI is InChI=1S/C14H25NO11/c1-4(18)15-7-10(21)8(19)5(2-16)25-14(7)26-12-9(20)6(3-17)24-13(23)11(12)22/h5-14,16-17,19-23H,2-3H2,1H3,(H,15,18)/t5-,6+,7+,8+,9+,10+,11+,12-,13+,14+/m1/s1. The van der Waals surface area contributed by atoms with Gasteiger partial charge in [-0.25, -0.2) is 0 Å². The molecular weight excluding hydrogens is 358 g/mol. The van der Waals surface area contributed by atoms with Gasteiger partial charge in [0.25, 0.3) is 0 Å². The van der Waals surface area contributed by atoms with Gasteiger partial charge in [-0.05, 0) is 0 Å². The molecule has 8 N–H and O–H groups in total. The highest BCUT2D eigenvalue weighted by Gasteiger charge is 2.50. The van der Waals surface area contributed by atoms with E-state index >= 15 is 0 Å². The Labute approximate surface area is 148 Å². The summed E-state index contributed by atoms with van der Waals surface area (Å²) in [4.78, 5) is 11.4. The molecule has 1 amide bonds. The van der Waals surface area contributed by atoms with Crippen molar-refractivity contribution in [3.05, 3.63) is 0 Å². The van der Waals surface area contributed by atoms with Gasteiger partial charge < -0.3 is 55.3 Å². The summed E-state index contributed by atoms with van der Waals surface area (Å²) in [5, 5.41) is 70.8. The first kappa shape index (κ1) is 21.4. The van der Waals surface area contributed by atoms with Crippen molar-refractivity contribution < 1.29 is 54.8 Å². The zero-order valence-electron chi connectivity index (χ0n) is 14.0. The van der Waals surface area contributed by atoms with Crippen LogP contribution in [0.4, 0.5) is 0 Å². The average molecular weight is 383 g/mol. The molecule has 12 heteroatoms. The van der Waals surface area contributed by atoms with Crippen LogP contribution in [0.15, 0.2) is 0 Å². The lowest BCUT2D eigenvalue weighted by Crippen LogP contribution is -2.67. The summed E-state index contributed by atoms with van der Waals surface area (Å²) in [6.07, 6.45) is -13.7. The minimum Gasteiger partial charge on any atom is -0.394 e. The van der Waals surface area contributed by atoms with E-state index in [1.165, 1.54) is 0 Å². The van der Waals surface area contributed by atoms with E-state index in [0.717, 1.165) is 6.92 Å². The minimum absolute atomic E-state index is 0.581. The van der Waals surface area contributed by atoms with Crippen LogP contribution in [0.1, 0.15) is 6.92 Å². The highest BCUT2D eigenvalue weighted by molar-refractivity contribution is 5.73. The predicted molar refractivity (Wildman–Crippen MR) is 80.2 cm³/mol. The van der Waals surface area contributed by atoms with Crippen molar-refractivity contribution in [3.8, 4) is 0 Å². The number of ether oxygens (including phenoxy) is 3. The van der Waals surface area contributed by atoms with Gasteiger partial charge in [0.2, 0.25) is 5.91 Å². The Kier molecular flexibility index (Phi) is 7.27. The number of hydrogen-bond acceptors (Lipinski definition) is 11. The summed E-state index contributed by atoms with van der Waals surface area (Å²) in [7, 11) is 0. The van der Waals surface area contributed by atoms with E-state index in [4.69, 9.17) is 14.2 Å². The van der Waals surface area contributed by atoms with E-state index in [9.17, 15) is 40.5 Å². The Morgan fingerprint density at radius 2 is 1.50 bits per heavy atom. The van der Waals surface area contributed by atoms with Gasteiger partial charge in [-0.1, -0.05) is 0 Å². The zero-order valence-corrected chi connectivity index (χ0v) is 14.0.